The van der Waals surface area contributed by atoms with Gasteiger partial charge in [0.05, 0.1) is 12.2 Å². The molecule has 0 spiro atoms. The fourth-order valence-electron chi connectivity index (χ4n) is 1.72. The summed E-state index contributed by atoms with van der Waals surface area (Å²) >= 11 is 0. The van der Waals surface area contributed by atoms with Crippen LogP contribution in [0.4, 0.5) is 23.4 Å². The highest BCUT2D eigenvalue weighted by molar-refractivity contribution is 5.38. The molecule has 2 aromatic rings. The van der Waals surface area contributed by atoms with Gasteiger partial charge in [0.25, 0.3) is 0 Å². The Morgan fingerprint density at radius 1 is 1.14 bits per heavy atom. The molecule has 1 heterocycles. The number of anilines is 1. The van der Waals surface area contributed by atoms with E-state index in [1.807, 2.05) is 0 Å². The summed E-state index contributed by atoms with van der Waals surface area (Å²) in [4.78, 5) is 3.67. The lowest BCUT2D eigenvalue weighted by Gasteiger charge is -2.09. The van der Waals surface area contributed by atoms with Crippen LogP contribution in [0.15, 0.2) is 36.5 Å². The van der Waals surface area contributed by atoms with Crippen molar-refractivity contribution in [2.75, 3.05) is 5.32 Å². The minimum absolute atomic E-state index is 0.162. The number of rotatable bonds is 4. The Morgan fingerprint density at radius 2 is 1.90 bits per heavy atom. The van der Waals surface area contributed by atoms with Crippen molar-refractivity contribution in [2.24, 2.45) is 0 Å². The van der Waals surface area contributed by atoms with E-state index in [0.717, 1.165) is 12.3 Å². The van der Waals surface area contributed by atoms with E-state index in [1.165, 1.54) is 24.3 Å². The molecule has 0 aliphatic rings. The topological polar surface area (TPSA) is 45.1 Å². The predicted molar refractivity (Wildman–Crippen MR) is 68.9 cm³/mol. The summed E-state index contributed by atoms with van der Waals surface area (Å²) in [5.74, 6) is -0.230. The smallest absolute Gasteiger partial charge is 0.392 e. The van der Waals surface area contributed by atoms with Gasteiger partial charge in [0.15, 0.2) is 0 Å². The second kappa shape index (κ2) is 6.09. The lowest BCUT2D eigenvalue weighted by Crippen LogP contribution is -2.07. The van der Waals surface area contributed by atoms with Crippen LogP contribution in [0.5, 0.6) is 0 Å². The second-order valence-corrected chi connectivity index (χ2v) is 4.37. The van der Waals surface area contributed by atoms with Gasteiger partial charge in [0.2, 0.25) is 0 Å². The number of pyridine rings is 1. The maximum Gasteiger partial charge on any atom is 0.417 e. The first kappa shape index (κ1) is 15.2. The van der Waals surface area contributed by atoms with Crippen LogP contribution in [0.1, 0.15) is 16.7 Å². The number of aliphatic hydroxyl groups excluding tert-OH is 1. The van der Waals surface area contributed by atoms with Crippen molar-refractivity contribution in [3.63, 3.8) is 0 Å². The number of benzene rings is 1. The third-order valence-electron chi connectivity index (χ3n) is 2.84. The van der Waals surface area contributed by atoms with Crippen molar-refractivity contribution in [1.29, 1.82) is 0 Å². The Balaban J connectivity index is 2.03. The number of nitrogens with one attached hydrogen (secondary N) is 1. The zero-order chi connectivity index (χ0) is 15.5. The molecule has 1 aromatic heterocycles. The van der Waals surface area contributed by atoms with Crippen LogP contribution in [-0.4, -0.2) is 10.1 Å². The molecule has 0 atom stereocenters. The number of aliphatic hydroxyl groups is 1. The number of hydrogen-bond acceptors (Lipinski definition) is 3. The Morgan fingerprint density at radius 3 is 2.48 bits per heavy atom. The Kier molecular flexibility index (Phi) is 4.42. The monoisotopic (exact) mass is 300 g/mol. The summed E-state index contributed by atoms with van der Waals surface area (Å²) in [5, 5.41) is 11.8. The molecule has 2 rings (SSSR count). The summed E-state index contributed by atoms with van der Waals surface area (Å²) in [5.41, 5.74) is 0.0224. The first-order valence-electron chi connectivity index (χ1n) is 6.05. The summed E-state index contributed by atoms with van der Waals surface area (Å²) < 4.78 is 50.3. The summed E-state index contributed by atoms with van der Waals surface area (Å²) in [7, 11) is 0. The van der Waals surface area contributed by atoms with Gasteiger partial charge in [-0.15, -0.1) is 0 Å². The van der Waals surface area contributed by atoms with Crippen molar-refractivity contribution >= 4 is 5.82 Å². The molecule has 0 aliphatic heterocycles. The minimum atomic E-state index is -4.42. The SMILES string of the molecule is OCc1cc(CNc2ccc(C(F)(F)F)cn2)ccc1F. The number of halogens is 4. The fraction of sp³-hybridized carbons (Fsp3) is 0.214. The van der Waals surface area contributed by atoms with Crippen LogP contribution in [0.2, 0.25) is 0 Å². The van der Waals surface area contributed by atoms with E-state index in [1.54, 1.807) is 0 Å². The van der Waals surface area contributed by atoms with Crippen molar-refractivity contribution in [2.45, 2.75) is 19.3 Å². The molecule has 0 aliphatic carbocycles. The predicted octanol–water partition coefficient (Wildman–Crippen LogP) is 3.34. The van der Waals surface area contributed by atoms with E-state index in [9.17, 15) is 17.6 Å². The van der Waals surface area contributed by atoms with Crippen LogP contribution in [0.3, 0.4) is 0 Å². The highest BCUT2D eigenvalue weighted by atomic mass is 19.4. The molecule has 0 unspecified atom stereocenters. The molecule has 112 valence electrons. The lowest BCUT2D eigenvalue weighted by molar-refractivity contribution is -0.137. The molecule has 0 amide bonds. The van der Waals surface area contributed by atoms with Crippen LogP contribution >= 0.6 is 0 Å². The van der Waals surface area contributed by atoms with E-state index < -0.39 is 24.2 Å². The average Bonchev–Trinajstić information content (AvgIpc) is 2.46. The van der Waals surface area contributed by atoms with Gasteiger partial charge < -0.3 is 10.4 Å². The lowest BCUT2D eigenvalue weighted by atomic mass is 10.1. The van der Waals surface area contributed by atoms with Crippen LogP contribution in [0.25, 0.3) is 0 Å². The first-order valence-corrected chi connectivity index (χ1v) is 6.05. The molecule has 3 nitrogen and oxygen atoms in total. The molecule has 0 bridgehead atoms. The molecule has 7 heteroatoms. The quantitative estimate of drug-likeness (QED) is 0.851. The van der Waals surface area contributed by atoms with Gasteiger partial charge in [-0.1, -0.05) is 6.07 Å². The fourth-order valence-corrected chi connectivity index (χ4v) is 1.72. The average molecular weight is 300 g/mol. The number of nitrogens with zero attached hydrogens (tertiary/aromatic N) is 1. The van der Waals surface area contributed by atoms with Gasteiger partial charge in [-0.05, 0) is 29.8 Å². The Labute approximate surface area is 118 Å². The van der Waals surface area contributed by atoms with Crippen molar-refractivity contribution in [3.05, 3.63) is 59.0 Å². The standard InChI is InChI=1S/C14H12F4N2O/c15-12-3-1-9(5-10(12)8-21)6-19-13-4-2-11(7-20-13)14(16,17)18/h1-5,7,21H,6,8H2,(H,19,20). The number of hydrogen-bond donors (Lipinski definition) is 2. The molecule has 0 fully saturated rings. The van der Waals surface area contributed by atoms with Gasteiger partial charge in [0.1, 0.15) is 11.6 Å². The molecule has 0 saturated carbocycles. The molecule has 1 aromatic carbocycles. The minimum Gasteiger partial charge on any atom is -0.392 e. The highest BCUT2D eigenvalue weighted by Crippen LogP contribution is 2.28. The van der Waals surface area contributed by atoms with Gasteiger partial charge >= 0.3 is 6.18 Å². The second-order valence-electron chi connectivity index (χ2n) is 4.37. The van der Waals surface area contributed by atoms with Crippen molar-refractivity contribution in [1.82, 2.24) is 4.98 Å². The molecular formula is C14H12F4N2O. The first-order chi connectivity index (χ1) is 9.90. The van der Waals surface area contributed by atoms with Gasteiger partial charge in [-0.25, -0.2) is 9.37 Å². The number of aromatic nitrogens is 1. The maximum absolute atomic E-state index is 13.2. The summed E-state index contributed by atoms with van der Waals surface area (Å²) in [6.07, 6.45) is -3.68. The highest BCUT2D eigenvalue weighted by Gasteiger charge is 2.30. The van der Waals surface area contributed by atoms with Crippen molar-refractivity contribution in [3.8, 4) is 0 Å². The largest absolute Gasteiger partial charge is 0.417 e. The van der Waals surface area contributed by atoms with Crippen molar-refractivity contribution < 1.29 is 22.7 Å². The maximum atomic E-state index is 13.2. The van der Waals surface area contributed by atoms with E-state index in [4.69, 9.17) is 5.11 Å². The number of alkyl halides is 3. The van der Waals surface area contributed by atoms with Crippen LogP contribution in [0, 0.1) is 5.82 Å². The van der Waals surface area contributed by atoms with Gasteiger partial charge in [0, 0.05) is 18.3 Å². The molecule has 0 saturated heterocycles. The van der Waals surface area contributed by atoms with Crippen LogP contribution in [-0.2, 0) is 19.3 Å². The van der Waals surface area contributed by atoms with Gasteiger partial charge in [-0.3, -0.25) is 0 Å². The third-order valence-corrected chi connectivity index (χ3v) is 2.84. The third kappa shape index (κ3) is 3.91. The Hall–Kier alpha value is -2.15. The zero-order valence-electron chi connectivity index (χ0n) is 10.8. The summed E-state index contributed by atoms with van der Waals surface area (Å²) in [6.45, 7) is -0.163. The van der Waals surface area contributed by atoms with Crippen LogP contribution < -0.4 is 5.32 Å². The van der Waals surface area contributed by atoms with E-state index in [-0.39, 0.29) is 17.9 Å². The molecule has 21 heavy (non-hydrogen) atoms. The normalized spacial score (nSPS) is 11.5. The molecule has 0 radical (unpaired) electrons. The van der Waals surface area contributed by atoms with E-state index in [0.29, 0.717) is 5.56 Å². The van der Waals surface area contributed by atoms with Gasteiger partial charge in [-0.2, -0.15) is 13.2 Å². The summed E-state index contributed by atoms with van der Waals surface area (Å²) in [6, 6.07) is 6.37. The Bertz CT molecular complexity index is 611. The molecule has 2 N–H and O–H groups in total. The van der Waals surface area contributed by atoms with E-state index >= 15 is 0 Å². The zero-order valence-corrected chi connectivity index (χ0v) is 10.8. The van der Waals surface area contributed by atoms with E-state index in [2.05, 4.69) is 10.3 Å². The molecular weight excluding hydrogens is 288 g/mol.